The topological polar surface area (TPSA) is 73.8 Å². The molecule has 2 aromatic carbocycles. The maximum Gasteiger partial charge on any atom is 0.332 e. The molecule has 0 aliphatic rings. The second-order valence-electron chi connectivity index (χ2n) is 7.85. The van der Waals surface area contributed by atoms with Crippen molar-refractivity contribution in [3.63, 3.8) is 0 Å². The molecule has 3 aromatic heterocycles. The average molecular weight is 458 g/mol. The molecule has 0 spiro atoms. The van der Waals surface area contributed by atoms with E-state index in [0.29, 0.717) is 30.1 Å². The summed E-state index contributed by atoms with van der Waals surface area (Å²) in [7, 11) is 3.14. The van der Waals surface area contributed by atoms with E-state index in [4.69, 9.17) is 4.98 Å². The lowest BCUT2D eigenvalue weighted by Crippen LogP contribution is -2.37. The molecule has 0 radical (unpaired) electrons. The molecule has 7 nitrogen and oxygen atoms in total. The summed E-state index contributed by atoms with van der Waals surface area (Å²) >= 11 is 1.68. The number of aromatic nitrogens is 4. The van der Waals surface area contributed by atoms with E-state index in [1.54, 1.807) is 18.4 Å². The minimum Gasteiger partial charge on any atom is -0.383 e. The number of nitrogens with one attached hydrogen (secondary N) is 1. The van der Waals surface area contributed by atoms with Crippen molar-refractivity contribution in [2.45, 2.75) is 6.54 Å². The molecule has 0 aliphatic carbocycles. The second-order valence-corrected chi connectivity index (χ2v) is 8.63. The Morgan fingerprint density at radius 2 is 1.64 bits per heavy atom. The van der Waals surface area contributed by atoms with Crippen molar-refractivity contribution in [3.05, 3.63) is 92.3 Å². The smallest absolute Gasteiger partial charge is 0.332 e. The molecule has 5 rings (SSSR count). The van der Waals surface area contributed by atoms with Crippen LogP contribution >= 0.6 is 11.3 Å². The Kier molecular flexibility index (Phi) is 5.43. The van der Waals surface area contributed by atoms with Gasteiger partial charge in [0.05, 0.1) is 0 Å². The van der Waals surface area contributed by atoms with Gasteiger partial charge in [0.1, 0.15) is 5.82 Å². The van der Waals surface area contributed by atoms with Crippen molar-refractivity contribution in [3.8, 4) is 22.5 Å². The van der Waals surface area contributed by atoms with Crippen molar-refractivity contribution < 1.29 is 0 Å². The summed E-state index contributed by atoms with van der Waals surface area (Å²) in [4.78, 5) is 30.2. The van der Waals surface area contributed by atoms with Gasteiger partial charge in [-0.1, -0.05) is 42.5 Å². The number of fused-ring (bicyclic) bond motifs is 1. The summed E-state index contributed by atoms with van der Waals surface area (Å²) in [6.45, 7) is 1.11. The first-order valence-electron chi connectivity index (χ1n) is 10.6. The molecular formula is C25H23N5O2S. The van der Waals surface area contributed by atoms with E-state index < -0.39 is 0 Å². The van der Waals surface area contributed by atoms with E-state index in [0.717, 1.165) is 15.8 Å². The van der Waals surface area contributed by atoms with Crippen LogP contribution in [0.2, 0.25) is 0 Å². The highest BCUT2D eigenvalue weighted by Gasteiger charge is 2.19. The van der Waals surface area contributed by atoms with Gasteiger partial charge in [0.15, 0.2) is 11.2 Å². The number of thiophene rings is 1. The number of aryl methyl sites for hydroxylation is 1. The zero-order chi connectivity index (χ0) is 22.9. The van der Waals surface area contributed by atoms with E-state index in [9.17, 15) is 9.59 Å². The summed E-state index contributed by atoms with van der Waals surface area (Å²) in [6.07, 6.45) is 0. The second kappa shape index (κ2) is 8.55. The van der Waals surface area contributed by atoms with Crippen LogP contribution in [0, 0.1) is 0 Å². The molecule has 0 fully saturated rings. The van der Waals surface area contributed by atoms with Crippen LogP contribution in [-0.2, 0) is 20.6 Å². The lowest BCUT2D eigenvalue weighted by molar-refractivity contribution is 0.696. The lowest BCUT2D eigenvalue weighted by atomic mass is 10.1. The number of nitrogens with zero attached hydrogens (tertiary/aromatic N) is 4. The molecule has 1 N–H and O–H groups in total. The molecule has 0 saturated carbocycles. The number of hydrogen-bond acceptors (Lipinski definition) is 5. The molecule has 166 valence electrons. The summed E-state index contributed by atoms with van der Waals surface area (Å²) in [5.41, 5.74) is 4.37. The Morgan fingerprint density at radius 3 is 2.33 bits per heavy atom. The predicted molar refractivity (Wildman–Crippen MR) is 134 cm³/mol. The fourth-order valence-corrected chi connectivity index (χ4v) is 4.66. The van der Waals surface area contributed by atoms with Crippen LogP contribution < -0.4 is 16.6 Å². The van der Waals surface area contributed by atoms with E-state index in [-0.39, 0.29) is 11.2 Å². The molecule has 0 aliphatic heterocycles. The number of benzene rings is 2. The molecule has 8 heteroatoms. The van der Waals surface area contributed by atoms with Gasteiger partial charge in [0.2, 0.25) is 0 Å². The van der Waals surface area contributed by atoms with Crippen molar-refractivity contribution in [2.75, 3.05) is 11.9 Å². The largest absolute Gasteiger partial charge is 0.383 e. The van der Waals surface area contributed by atoms with Gasteiger partial charge >= 0.3 is 5.69 Å². The van der Waals surface area contributed by atoms with Crippen LogP contribution in [-0.4, -0.2) is 25.2 Å². The zero-order valence-electron chi connectivity index (χ0n) is 18.4. The number of anilines is 1. The summed E-state index contributed by atoms with van der Waals surface area (Å²) < 4.78 is 4.46. The van der Waals surface area contributed by atoms with Crippen LogP contribution in [0.25, 0.3) is 33.7 Å². The Morgan fingerprint density at radius 1 is 0.879 bits per heavy atom. The van der Waals surface area contributed by atoms with Crippen molar-refractivity contribution >= 4 is 28.2 Å². The maximum atomic E-state index is 13.0. The first-order chi connectivity index (χ1) is 16.0. The van der Waals surface area contributed by atoms with Crippen LogP contribution in [0.3, 0.4) is 0 Å². The molecule has 5 aromatic rings. The van der Waals surface area contributed by atoms with Crippen LogP contribution in [0.5, 0.6) is 0 Å². The third-order valence-electron chi connectivity index (χ3n) is 5.78. The first kappa shape index (κ1) is 21.0. The van der Waals surface area contributed by atoms with E-state index in [2.05, 4.69) is 46.4 Å². The van der Waals surface area contributed by atoms with Gasteiger partial charge in [0.25, 0.3) is 5.56 Å². The molecule has 0 bridgehead atoms. The summed E-state index contributed by atoms with van der Waals surface area (Å²) in [5, 5.41) is 7.64. The highest BCUT2D eigenvalue weighted by molar-refractivity contribution is 7.08. The fraction of sp³-hybridized carbons (Fsp3) is 0.160. The van der Waals surface area contributed by atoms with Gasteiger partial charge in [-0.3, -0.25) is 13.9 Å². The van der Waals surface area contributed by atoms with Crippen molar-refractivity contribution in [1.29, 1.82) is 0 Å². The van der Waals surface area contributed by atoms with Gasteiger partial charge in [0, 0.05) is 38.4 Å². The number of imidazole rings is 1. The maximum absolute atomic E-state index is 13.0. The Hall–Kier alpha value is -3.91. The standard InChI is InChI=1S/C25H23N5O2S/c1-28-23-21(24(31)29(2)25(28)32)30(22(27-23)18-6-4-3-5-7-18)14-13-26-20-10-8-17(9-11-20)19-12-15-33-16-19/h3-12,15-16,26H,13-14H2,1-2H3. The molecule has 33 heavy (non-hydrogen) atoms. The highest BCUT2D eigenvalue weighted by Crippen LogP contribution is 2.24. The van der Waals surface area contributed by atoms with Crippen molar-refractivity contribution in [2.24, 2.45) is 14.1 Å². The molecule has 0 amide bonds. The van der Waals surface area contributed by atoms with E-state index >= 15 is 0 Å². The van der Waals surface area contributed by atoms with Gasteiger partial charge in [-0.15, -0.1) is 0 Å². The Bertz CT molecular complexity index is 1530. The lowest BCUT2D eigenvalue weighted by Gasteiger charge is -2.12. The SMILES string of the molecule is Cn1c(=O)c2c(nc(-c3ccccc3)n2CCNc2ccc(-c3ccsc3)cc2)n(C)c1=O. The Balaban J connectivity index is 1.48. The fourth-order valence-electron chi connectivity index (χ4n) is 3.99. The minimum absolute atomic E-state index is 0.345. The minimum atomic E-state index is -0.388. The van der Waals surface area contributed by atoms with Gasteiger partial charge in [-0.2, -0.15) is 11.3 Å². The molecule has 0 saturated heterocycles. The van der Waals surface area contributed by atoms with Crippen molar-refractivity contribution in [1.82, 2.24) is 18.7 Å². The monoisotopic (exact) mass is 457 g/mol. The third kappa shape index (κ3) is 3.78. The van der Waals surface area contributed by atoms with Crippen LogP contribution in [0.1, 0.15) is 0 Å². The van der Waals surface area contributed by atoms with Crippen LogP contribution in [0.15, 0.2) is 81.0 Å². The molecule has 0 unspecified atom stereocenters. The summed E-state index contributed by atoms with van der Waals surface area (Å²) in [5.74, 6) is 0.665. The zero-order valence-corrected chi connectivity index (χ0v) is 19.2. The van der Waals surface area contributed by atoms with Gasteiger partial charge in [-0.25, -0.2) is 9.78 Å². The van der Waals surface area contributed by atoms with Gasteiger partial charge < -0.3 is 9.88 Å². The molecule has 3 heterocycles. The summed E-state index contributed by atoms with van der Waals surface area (Å²) in [6, 6.07) is 20.1. The number of rotatable bonds is 6. The quantitative estimate of drug-likeness (QED) is 0.419. The first-order valence-corrected chi connectivity index (χ1v) is 11.6. The molecule has 0 atom stereocenters. The normalized spacial score (nSPS) is 11.2. The van der Waals surface area contributed by atoms with E-state index in [1.807, 2.05) is 34.9 Å². The third-order valence-corrected chi connectivity index (χ3v) is 6.47. The van der Waals surface area contributed by atoms with E-state index in [1.165, 1.54) is 22.7 Å². The highest BCUT2D eigenvalue weighted by atomic mass is 32.1. The van der Waals surface area contributed by atoms with Gasteiger partial charge in [-0.05, 0) is 40.1 Å². The molecular weight excluding hydrogens is 434 g/mol. The predicted octanol–water partition coefficient (Wildman–Crippen LogP) is 3.94. The Labute approximate surface area is 194 Å². The van der Waals surface area contributed by atoms with Crippen LogP contribution in [0.4, 0.5) is 5.69 Å². The number of hydrogen-bond donors (Lipinski definition) is 1. The average Bonchev–Trinajstić information content (AvgIpc) is 3.51.